The first-order valence-corrected chi connectivity index (χ1v) is 7.14. The molecule has 11 heteroatoms. The van der Waals surface area contributed by atoms with Crippen molar-refractivity contribution >= 4 is 39.8 Å². The molecule has 0 aliphatic rings. The molecule has 0 saturated carbocycles. The van der Waals surface area contributed by atoms with E-state index < -0.39 is 11.7 Å². The van der Waals surface area contributed by atoms with E-state index in [4.69, 9.17) is 11.6 Å². The molecule has 2 aromatic heterocycles. The summed E-state index contributed by atoms with van der Waals surface area (Å²) in [7, 11) is 0. The standard InChI is InChI=1S/C11H9ClF3N5OS/c12-7-3-6(11(13,14)15)4-17-9(7)16-2-1-8(21)19-10-20-18-5-22-10/h3-5H,1-2H2,(H,16,17)(H,19,20,21). The van der Waals surface area contributed by atoms with Gasteiger partial charge in [0.15, 0.2) is 0 Å². The molecule has 1 amide bonds. The summed E-state index contributed by atoms with van der Waals surface area (Å²) in [6.07, 6.45) is -3.76. The maximum absolute atomic E-state index is 12.5. The summed E-state index contributed by atoms with van der Waals surface area (Å²) >= 11 is 6.90. The zero-order valence-corrected chi connectivity index (χ0v) is 12.4. The van der Waals surface area contributed by atoms with Crippen molar-refractivity contribution in [3.63, 3.8) is 0 Å². The number of nitrogens with zero attached hydrogens (tertiary/aromatic N) is 3. The zero-order valence-electron chi connectivity index (χ0n) is 10.8. The number of rotatable bonds is 5. The number of nitrogens with one attached hydrogen (secondary N) is 2. The molecule has 2 rings (SSSR count). The minimum absolute atomic E-state index is 0.0681. The van der Waals surface area contributed by atoms with Crippen LogP contribution < -0.4 is 10.6 Å². The van der Waals surface area contributed by atoms with Gasteiger partial charge in [-0.15, -0.1) is 10.2 Å². The van der Waals surface area contributed by atoms with Crippen molar-refractivity contribution in [2.24, 2.45) is 0 Å². The zero-order chi connectivity index (χ0) is 16.2. The third kappa shape index (κ3) is 4.53. The summed E-state index contributed by atoms with van der Waals surface area (Å²) in [4.78, 5) is 15.2. The Kier molecular flexibility index (Phi) is 5.14. The Morgan fingerprint density at radius 3 is 2.77 bits per heavy atom. The highest BCUT2D eigenvalue weighted by Gasteiger charge is 2.31. The summed E-state index contributed by atoms with van der Waals surface area (Å²) in [6.45, 7) is 0.155. The van der Waals surface area contributed by atoms with Crippen LogP contribution in [0, 0.1) is 0 Å². The molecule has 0 spiro atoms. The molecule has 0 fully saturated rings. The summed E-state index contributed by atoms with van der Waals surface area (Å²) in [5.41, 5.74) is 0.539. The number of carbonyl (C=O) groups is 1. The largest absolute Gasteiger partial charge is 0.417 e. The van der Waals surface area contributed by atoms with Crippen molar-refractivity contribution < 1.29 is 18.0 Å². The topological polar surface area (TPSA) is 79.8 Å². The van der Waals surface area contributed by atoms with Gasteiger partial charge in [0, 0.05) is 19.2 Å². The van der Waals surface area contributed by atoms with Crippen LogP contribution >= 0.6 is 22.9 Å². The molecule has 0 aliphatic carbocycles. The number of aromatic nitrogens is 3. The molecule has 6 nitrogen and oxygen atoms in total. The molecule has 0 bridgehead atoms. The molecular formula is C11H9ClF3N5OS. The van der Waals surface area contributed by atoms with Crippen molar-refractivity contribution in [3.05, 3.63) is 28.4 Å². The summed E-state index contributed by atoms with van der Waals surface area (Å²) in [5, 5.41) is 12.6. The van der Waals surface area contributed by atoms with Crippen molar-refractivity contribution in [2.45, 2.75) is 12.6 Å². The van der Waals surface area contributed by atoms with E-state index in [1.54, 1.807) is 0 Å². The molecule has 0 aromatic carbocycles. The Bertz CT molecular complexity index is 650. The predicted octanol–water partition coefficient (Wildman–Crippen LogP) is 3.05. The van der Waals surface area contributed by atoms with Gasteiger partial charge in [-0.3, -0.25) is 4.79 Å². The normalized spacial score (nSPS) is 11.3. The van der Waals surface area contributed by atoms with E-state index in [1.165, 1.54) is 16.8 Å². The number of alkyl halides is 3. The van der Waals surface area contributed by atoms with E-state index in [2.05, 4.69) is 25.8 Å². The highest BCUT2D eigenvalue weighted by Crippen LogP contribution is 2.32. The van der Waals surface area contributed by atoms with E-state index in [9.17, 15) is 18.0 Å². The van der Waals surface area contributed by atoms with E-state index in [0.29, 0.717) is 11.3 Å². The Morgan fingerprint density at radius 2 is 2.18 bits per heavy atom. The van der Waals surface area contributed by atoms with Gasteiger partial charge in [-0.2, -0.15) is 13.2 Å². The molecule has 2 aromatic rings. The second kappa shape index (κ2) is 6.88. The molecule has 22 heavy (non-hydrogen) atoms. The van der Waals surface area contributed by atoms with Crippen molar-refractivity contribution in [1.82, 2.24) is 15.2 Å². The van der Waals surface area contributed by atoms with Crippen molar-refractivity contribution in [2.75, 3.05) is 17.2 Å². The number of pyridine rings is 1. The molecule has 118 valence electrons. The summed E-state index contributed by atoms with van der Waals surface area (Å²) in [5.74, 6) is -0.231. The fourth-order valence-corrected chi connectivity index (χ4v) is 2.12. The Labute approximate surface area is 131 Å². The maximum atomic E-state index is 12.5. The Hall–Kier alpha value is -1.94. The minimum Gasteiger partial charge on any atom is -0.368 e. The fraction of sp³-hybridized carbons (Fsp3) is 0.273. The number of halogens is 4. The average Bonchev–Trinajstić information content (AvgIpc) is 2.92. The van der Waals surface area contributed by atoms with Gasteiger partial charge in [0.25, 0.3) is 0 Å². The monoisotopic (exact) mass is 351 g/mol. The minimum atomic E-state index is -4.50. The number of hydrogen-bond acceptors (Lipinski definition) is 6. The van der Waals surface area contributed by atoms with Gasteiger partial charge in [-0.25, -0.2) is 4.98 Å². The van der Waals surface area contributed by atoms with Gasteiger partial charge >= 0.3 is 6.18 Å². The molecule has 2 N–H and O–H groups in total. The van der Waals surface area contributed by atoms with Crippen molar-refractivity contribution in [3.8, 4) is 0 Å². The number of amides is 1. The first kappa shape index (κ1) is 16.4. The lowest BCUT2D eigenvalue weighted by Crippen LogP contribution is -2.17. The van der Waals surface area contributed by atoms with Crippen LogP contribution in [0.3, 0.4) is 0 Å². The van der Waals surface area contributed by atoms with Crippen LogP contribution in [-0.2, 0) is 11.0 Å². The van der Waals surface area contributed by atoms with E-state index in [0.717, 1.165) is 6.07 Å². The smallest absolute Gasteiger partial charge is 0.368 e. The Morgan fingerprint density at radius 1 is 1.41 bits per heavy atom. The van der Waals surface area contributed by atoms with Crippen molar-refractivity contribution in [1.29, 1.82) is 0 Å². The van der Waals surface area contributed by atoms with Gasteiger partial charge in [0.1, 0.15) is 11.3 Å². The number of hydrogen-bond donors (Lipinski definition) is 2. The lowest BCUT2D eigenvalue weighted by molar-refractivity contribution is -0.137. The van der Waals surface area contributed by atoms with Gasteiger partial charge < -0.3 is 10.6 Å². The van der Waals surface area contributed by atoms with Crippen LogP contribution in [0.1, 0.15) is 12.0 Å². The van der Waals surface area contributed by atoms with Crippen LogP contribution in [0.2, 0.25) is 5.02 Å². The predicted molar refractivity (Wildman–Crippen MR) is 75.9 cm³/mol. The van der Waals surface area contributed by atoms with Gasteiger partial charge in [-0.05, 0) is 6.07 Å². The Balaban J connectivity index is 1.85. The lowest BCUT2D eigenvalue weighted by Gasteiger charge is -2.10. The summed E-state index contributed by atoms with van der Waals surface area (Å²) < 4.78 is 37.4. The number of carbonyl (C=O) groups excluding carboxylic acids is 1. The van der Waals surface area contributed by atoms with Gasteiger partial charge in [0.2, 0.25) is 11.0 Å². The molecule has 0 unspecified atom stereocenters. The number of anilines is 2. The van der Waals surface area contributed by atoms with Crippen LogP contribution in [0.25, 0.3) is 0 Å². The van der Waals surface area contributed by atoms with E-state index >= 15 is 0 Å². The van der Waals surface area contributed by atoms with Crippen LogP contribution in [-0.4, -0.2) is 27.6 Å². The van der Waals surface area contributed by atoms with E-state index in [1.807, 2.05) is 0 Å². The molecule has 0 atom stereocenters. The molecular weight excluding hydrogens is 343 g/mol. The first-order valence-electron chi connectivity index (χ1n) is 5.89. The van der Waals surface area contributed by atoms with Gasteiger partial charge in [-0.1, -0.05) is 22.9 Å². The molecule has 0 radical (unpaired) electrons. The van der Waals surface area contributed by atoms with Gasteiger partial charge in [0.05, 0.1) is 10.6 Å². The second-order valence-corrected chi connectivity index (χ2v) is 5.26. The maximum Gasteiger partial charge on any atom is 0.417 e. The first-order chi connectivity index (χ1) is 10.4. The van der Waals surface area contributed by atoms with E-state index in [-0.39, 0.29) is 29.7 Å². The molecule has 0 aliphatic heterocycles. The summed E-state index contributed by atoms with van der Waals surface area (Å²) in [6, 6.07) is 0.776. The average molecular weight is 352 g/mol. The van der Waals surface area contributed by atoms with Crippen LogP contribution in [0.5, 0.6) is 0 Å². The van der Waals surface area contributed by atoms with Crippen LogP contribution in [0.4, 0.5) is 24.1 Å². The fourth-order valence-electron chi connectivity index (χ4n) is 1.43. The molecule has 0 saturated heterocycles. The van der Waals surface area contributed by atoms with Crippen LogP contribution in [0.15, 0.2) is 17.8 Å². The second-order valence-electron chi connectivity index (χ2n) is 4.02. The quantitative estimate of drug-likeness (QED) is 0.865. The SMILES string of the molecule is O=C(CCNc1ncc(C(F)(F)F)cc1Cl)Nc1nncs1. The third-order valence-electron chi connectivity index (χ3n) is 2.42. The lowest BCUT2D eigenvalue weighted by atomic mass is 10.2. The molecule has 2 heterocycles. The highest BCUT2D eigenvalue weighted by molar-refractivity contribution is 7.13. The third-order valence-corrected chi connectivity index (χ3v) is 3.31. The highest BCUT2D eigenvalue weighted by atomic mass is 35.5.